The third kappa shape index (κ3) is 4.93. The first-order valence-corrected chi connectivity index (χ1v) is 9.42. The van der Waals surface area contributed by atoms with Crippen molar-refractivity contribution < 1.29 is 14.2 Å². The highest BCUT2D eigenvalue weighted by Crippen LogP contribution is 2.35. The zero-order valence-corrected chi connectivity index (χ0v) is 16.8. The summed E-state index contributed by atoms with van der Waals surface area (Å²) in [5, 5.41) is 0. The Hall–Kier alpha value is -2.24. The Kier molecular flexibility index (Phi) is 6.58. The molecule has 5 heteroatoms. The number of benzene rings is 2. The fraction of sp³-hybridized carbons (Fsp3) is 0.455. The molecular weight excluding hydrogens is 340 g/mol. The summed E-state index contributed by atoms with van der Waals surface area (Å²) in [7, 11) is 5.01. The van der Waals surface area contributed by atoms with E-state index in [9.17, 15) is 0 Å². The minimum atomic E-state index is 0.695. The van der Waals surface area contributed by atoms with Gasteiger partial charge in [-0.15, -0.1) is 0 Å². The Morgan fingerprint density at radius 1 is 0.704 bits per heavy atom. The molecule has 0 aliphatic carbocycles. The van der Waals surface area contributed by atoms with Crippen LogP contribution in [0.4, 0.5) is 0 Å². The second-order valence-corrected chi connectivity index (χ2v) is 7.06. The first kappa shape index (κ1) is 19.5. The van der Waals surface area contributed by atoms with E-state index < -0.39 is 0 Å². The molecule has 1 aliphatic heterocycles. The molecule has 0 radical (unpaired) electrons. The summed E-state index contributed by atoms with van der Waals surface area (Å²) < 4.78 is 16.4. The highest BCUT2D eigenvalue weighted by atomic mass is 16.5. The summed E-state index contributed by atoms with van der Waals surface area (Å²) in [6, 6.07) is 12.8. The van der Waals surface area contributed by atoms with Crippen molar-refractivity contribution in [2.45, 2.75) is 20.0 Å². The molecule has 1 heterocycles. The van der Waals surface area contributed by atoms with Gasteiger partial charge >= 0.3 is 0 Å². The van der Waals surface area contributed by atoms with Crippen molar-refractivity contribution in [2.24, 2.45) is 0 Å². The normalized spacial score (nSPS) is 15.6. The van der Waals surface area contributed by atoms with E-state index in [1.54, 1.807) is 21.3 Å². The van der Waals surface area contributed by atoms with Crippen molar-refractivity contribution in [3.05, 3.63) is 53.1 Å². The van der Waals surface area contributed by atoms with Gasteiger partial charge in [-0.2, -0.15) is 0 Å². The van der Waals surface area contributed by atoms with Gasteiger partial charge in [-0.1, -0.05) is 29.8 Å². The molecule has 1 aliphatic rings. The van der Waals surface area contributed by atoms with E-state index in [4.69, 9.17) is 14.2 Å². The molecule has 2 aromatic carbocycles. The lowest BCUT2D eigenvalue weighted by molar-refractivity contribution is 0.121. The molecule has 0 spiro atoms. The lowest BCUT2D eigenvalue weighted by Crippen LogP contribution is -2.45. The predicted molar refractivity (Wildman–Crippen MR) is 108 cm³/mol. The van der Waals surface area contributed by atoms with Crippen LogP contribution in [0.3, 0.4) is 0 Å². The fourth-order valence-corrected chi connectivity index (χ4v) is 3.51. The third-order valence-corrected chi connectivity index (χ3v) is 5.17. The van der Waals surface area contributed by atoms with Crippen LogP contribution in [0.25, 0.3) is 0 Å². The number of hydrogen-bond acceptors (Lipinski definition) is 5. The SMILES string of the molecule is COc1cc(OC)c(OC)cc1CN1CCN(Cc2ccc(C)cc2)CC1. The molecule has 146 valence electrons. The molecule has 1 fully saturated rings. The van der Waals surface area contributed by atoms with Crippen molar-refractivity contribution >= 4 is 0 Å². The largest absolute Gasteiger partial charge is 0.496 e. The van der Waals surface area contributed by atoms with Crippen LogP contribution in [0, 0.1) is 6.92 Å². The molecule has 0 aromatic heterocycles. The fourth-order valence-electron chi connectivity index (χ4n) is 3.51. The van der Waals surface area contributed by atoms with E-state index in [2.05, 4.69) is 41.0 Å². The molecule has 1 saturated heterocycles. The van der Waals surface area contributed by atoms with Gasteiger partial charge in [0.25, 0.3) is 0 Å². The average Bonchev–Trinajstić information content (AvgIpc) is 2.70. The Balaban J connectivity index is 1.59. The van der Waals surface area contributed by atoms with Crippen molar-refractivity contribution in [1.82, 2.24) is 9.80 Å². The Morgan fingerprint density at radius 3 is 1.78 bits per heavy atom. The maximum Gasteiger partial charge on any atom is 0.164 e. The van der Waals surface area contributed by atoms with Crippen molar-refractivity contribution in [2.75, 3.05) is 47.5 Å². The third-order valence-electron chi connectivity index (χ3n) is 5.17. The lowest BCUT2D eigenvalue weighted by Gasteiger charge is -2.35. The molecule has 0 unspecified atom stereocenters. The molecule has 3 rings (SSSR count). The van der Waals surface area contributed by atoms with Crippen molar-refractivity contribution in [1.29, 1.82) is 0 Å². The highest BCUT2D eigenvalue weighted by Gasteiger charge is 2.20. The van der Waals surface area contributed by atoms with Gasteiger partial charge in [0.1, 0.15) is 5.75 Å². The smallest absolute Gasteiger partial charge is 0.164 e. The van der Waals surface area contributed by atoms with Crippen LogP contribution in [0.15, 0.2) is 36.4 Å². The molecule has 0 atom stereocenters. The van der Waals surface area contributed by atoms with Crippen molar-refractivity contribution in [3.8, 4) is 17.2 Å². The van der Waals surface area contributed by atoms with E-state index in [1.165, 1.54) is 11.1 Å². The monoisotopic (exact) mass is 370 g/mol. The van der Waals surface area contributed by atoms with Gasteiger partial charge in [-0.05, 0) is 18.6 Å². The zero-order valence-electron chi connectivity index (χ0n) is 16.8. The number of piperazine rings is 1. The Labute approximate surface area is 162 Å². The van der Waals surface area contributed by atoms with Crippen LogP contribution in [0.2, 0.25) is 0 Å². The molecule has 27 heavy (non-hydrogen) atoms. The van der Waals surface area contributed by atoms with E-state index in [0.717, 1.165) is 56.3 Å². The number of hydrogen-bond donors (Lipinski definition) is 0. The predicted octanol–water partition coefficient (Wildman–Crippen LogP) is 3.34. The minimum Gasteiger partial charge on any atom is -0.496 e. The first-order chi connectivity index (χ1) is 13.1. The lowest BCUT2D eigenvalue weighted by atomic mass is 10.1. The summed E-state index contributed by atoms with van der Waals surface area (Å²) in [6.45, 7) is 8.24. The molecule has 0 N–H and O–H groups in total. The number of rotatable bonds is 7. The second kappa shape index (κ2) is 9.11. The van der Waals surface area contributed by atoms with Crippen LogP contribution in [0.5, 0.6) is 17.2 Å². The zero-order chi connectivity index (χ0) is 19.2. The molecule has 0 bridgehead atoms. The standard InChI is InChI=1S/C22H30N2O3/c1-17-5-7-18(8-6-17)15-23-9-11-24(12-10-23)16-19-13-21(26-3)22(27-4)14-20(19)25-2/h5-8,13-14H,9-12,15-16H2,1-4H3. The summed E-state index contributed by atoms with van der Waals surface area (Å²) in [5.74, 6) is 2.28. The van der Waals surface area contributed by atoms with Crippen LogP contribution < -0.4 is 14.2 Å². The van der Waals surface area contributed by atoms with Gasteiger partial charge in [0, 0.05) is 50.9 Å². The van der Waals surface area contributed by atoms with Gasteiger partial charge in [0.15, 0.2) is 11.5 Å². The van der Waals surface area contributed by atoms with Crippen LogP contribution in [-0.2, 0) is 13.1 Å². The number of aryl methyl sites for hydroxylation is 1. The van der Waals surface area contributed by atoms with Crippen LogP contribution in [0.1, 0.15) is 16.7 Å². The van der Waals surface area contributed by atoms with Gasteiger partial charge in [0.2, 0.25) is 0 Å². The van der Waals surface area contributed by atoms with Crippen LogP contribution >= 0.6 is 0 Å². The van der Waals surface area contributed by atoms with E-state index in [1.807, 2.05) is 12.1 Å². The van der Waals surface area contributed by atoms with Gasteiger partial charge < -0.3 is 14.2 Å². The summed E-state index contributed by atoms with van der Waals surface area (Å²) >= 11 is 0. The molecule has 2 aromatic rings. The summed E-state index contributed by atoms with van der Waals surface area (Å²) in [6.07, 6.45) is 0. The maximum absolute atomic E-state index is 5.57. The molecule has 0 amide bonds. The Morgan fingerprint density at radius 2 is 1.22 bits per heavy atom. The molecular formula is C22H30N2O3. The van der Waals surface area contributed by atoms with E-state index in [0.29, 0.717) is 5.75 Å². The van der Waals surface area contributed by atoms with E-state index >= 15 is 0 Å². The van der Waals surface area contributed by atoms with Crippen molar-refractivity contribution in [3.63, 3.8) is 0 Å². The minimum absolute atomic E-state index is 0.695. The summed E-state index contributed by atoms with van der Waals surface area (Å²) in [5.41, 5.74) is 3.82. The van der Waals surface area contributed by atoms with Crippen LogP contribution in [-0.4, -0.2) is 57.3 Å². The number of ether oxygens (including phenoxy) is 3. The quantitative estimate of drug-likeness (QED) is 0.747. The maximum atomic E-state index is 5.57. The number of methoxy groups -OCH3 is 3. The summed E-state index contributed by atoms with van der Waals surface area (Å²) in [4.78, 5) is 4.99. The topological polar surface area (TPSA) is 34.2 Å². The second-order valence-electron chi connectivity index (χ2n) is 7.06. The van der Waals surface area contributed by atoms with Gasteiger partial charge in [0.05, 0.1) is 21.3 Å². The highest BCUT2D eigenvalue weighted by molar-refractivity contribution is 5.50. The Bertz CT molecular complexity index is 738. The number of nitrogens with zero attached hydrogens (tertiary/aromatic N) is 2. The van der Waals surface area contributed by atoms with E-state index in [-0.39, 0.29) is 0 Å². The average molecular weight is 370 g/mol. The molecule has 0 saturated carbocycles. The molecule has 5 nitrogen and oxygen atoms in total. The van der Waals surface area contributed by atoms with Gasteiger partial charge in [-0.3, -0.25) is 9.80 Å². The van der Waals surface area contributed by atoms with Gasteiger partial charge in [-0.25, -0.2) is 0 Å². The first-order valence-electron chi connectivity index (χ1n) is 9.42.